The number of nitrogens with one attached hydrogen (secondary N) is 1. The fourth-order valence-electron chi connectivity index (χ4n) is 1.40. The molecule has 16 heavy (non-hydrogen) atoms. The number of hydrogen-bond donors (Lipinski definition) is 1. The number of rotatable bonds is 4. The lowest BCUT2D eigenvalue weighted by molar-refractivity contribution is -0.00190. The van der Waals surface area contributed by atoms with E-state index in [-0.39, 0.29) is 6.10 Å². The molecule has 1 fully saturated rings. The van der Waals surface area contributed by atoms with Crippen molar-refractivity contribution in [3.8, 4) is 11.9 Å². The van der Waals surface area contributed by atoms with E-state index in [1.165, 1.54) is 0 Å². The number of hydrogen-bond acceptors (Lipinski definition) is 6. The Bertz CT molecular complexity index is 329. The summed E-state index contributed by atoms with van der Waals surface area (Å²) in [4.78, 5) is 8.03. The van der Waals surface area contributed by atoms with Crippen LogP contribution in [-0.4, -0.2) is 49.5 Å². The summed E-state index contributed by atoms with van der Waals surface area (Å²) in [6, 6.07) is 1.99. The number of ether oxygens (including phenoxy) is 3. The van der Waals surface area contributed by atoms with Gasteiger partial charge in [0.15, 0.2) is 0 Å². The molecular weight excluding hydrogens is 210 g/mol. The second kappa shape index (κ2) is 5.62. The summed E-state index contributed by atoms with van der Waals surface area (Å²) in [6.07, 6.45) is 1.66. The Morgan fingerprint density at radius 3 is 3.31 bits per heavy atom. The van der Waals surface area contributed by atoms with Crippen LogP contribution in [-0.2, 0) is 4.74 Å². The van der Waals surface area contributed by atoms with Gasteiger partial charge in [0.25, 0.3) is 0 Å². The van der Waals surface area contributed by atoms with Crippen LogP contribution in [0.15, 0.2) is 12.3 Å². The normalized spacial score (nSPS) is 20.4. The van der Waals surface area contributed by atoms with Crippen LogP contribution in [0.25, 0.3) is 0 Å². The predicted octanol–water partition coefficient (Wildman–Crippen LogP) is -0.148. The van der Waals surface area contributed by atoms with Gasteiger partial charge in [-0.15, -0.1) is 0 Å². The summed E-state index contributed by atoms with van der Waals surface area (Å²) in [6.45, 7) is 2.85. The number of aromatic nitrogens is 2. The third-order valence-electron chi connectivity index (χ3n) is 2.22. The molecule has 0 aromatic carbocycles. The topological polar surface area (TPSA) is 65.5 Å². The molecule has 0 aliphatic carbocycles. The third-order valence-corrected chi connectivity index (χ3v) is 2.22. The highest BCUT2D eigenvalue weighted by Crippen LogP contribution is 2.09. The largest absolute Gasteiger partial charge is 0.481 e. The van der Waals surface area contributed by atoms with E-state index in [2.05, 4.69) is 15.3 Å². The van der Waals surface area contributed by atoms with E-state index in [4.69, 9.17) is 14.2 Å². The summed E-state index contributed by atoms with van der Waals surface area (Å²) in [7, 11) is 1.56. The first-order valence-electron chi connectivity index (χ1n) is 5.20. The molecule has 88 valence electrons. The fraction of sp³-hybridized carbons (Fsp3) is 0.600. The number of nitrogens with zero attached hydrogens (tertiary/aromatic N) is 2. The molecule has 1 aliphatic heterocycles. The van der Waals surface area contributed by atoms with Crippen molar-refractivity contribution in [2.75, 3.05) is 33.4 Å². The van der Waals surface area contributed by atoms with Crippen LogP contribution >= 0.6 is 0 Å². The minimum Gasteiger partial charge on any atom is -0.481 e. The molecule has 0 radical (unpaired) electrons. The molecule has 1 saturated heterocycles. The van der Waals surface area contributed by atoms with Crippen molar-refractivity contribution in [2.24, 2.45) is 0 Å². The maximum absolute atomic E-state index is 5.48. The third kappa shape index (κ3) is 3.04. The van der Waals surface area contributed by atoms with Gasteiger partial charge >= 0.3 is 6.01 Å². The molecule has 0 bridgehead atoms. The summed E-state index contributed by atoms with van der Waals surface area (Å²) in [5, 5.41) is 3.22. The monoisotopic (exact) mass is 225 g/mol. The van der Waals surface area contributed by atoms with Crippen molar-refractivity contribution in [3.05, 3.63) is 12.3 Å². The Morgan fingerprint density at radius 1 is 1.62 bits per heavy atom. The van der Waals surface area contributed by atoms with Crippen LogP contribution in [0.2, 0.25) is 0 Å². The molecule has 0 saturated carbocycles. The second-order valence-electron chi connectivity index (χ2n) is 3.39. The summed E-state index contributed by atoms with van der Waals surface area (Å²) >= 11 is 0. The van der Waals surface area contributed by atoms with Gasteiger partial charge < -0.3 is 19.5 Å². The second-order valence-corrected chi connectivity index (χ2v) is 3.39. The van der Waals surface area contributed by atoms with Gasteiger partial charge in [0.1, 0.15) is 12.7 Å². The lowest BCUT2D eigenvalue weighted by atomic mass is 10.3. The zero-order valence-corrected chi connectivity index (χ0v) is 9.18. The highest BCUT2D eigenvalue weighted by molar-refractivity contribution is 5.10. The highest BCUT2D eigenvalue weighted by atomic mass is 16.5. The Kier molecular flexibility index (Phi) is 3.90. The molecule has 1 aromatic rings. The lowest BCUT2D eigenvalue weighted by Gasteiger charge is -2.23. The van der Waals surface area contributed by atoms with E-state index >= 15 is 0 Å². The van der Waals surface area contributed by atoms with E-state index in [1.807, 2.05) is 0 Å². The summed E-state index contributed by atoms with van der Waals surface area (Å²) < 4.78 is 15.9. The molecule has 1 aromatic heterocycles. The van der Waals surface area contributed by atoms with Gasteiger partial charge in [0.05, 0.1) is 13.7 Å². The van der Waals surface area contributed by atoms with Crippen molar-refractivity contribution in [3.63, 3.8) is 0 Å². The molecule has 1 atom stereocenters. The highest BCUT2D eigenvalue weighted by Gasteiger charge is 2.14. The molecule has 1 aliphatic rings. The van der Waals surface area contributed by atoms with Crippen LogP contribution in [0.1, 0.15) is 0 Å². The predicted molar refractivity (Wildman–Crippen MR) is 56.7 cm³/mol. The standard InChI is InChI=1S/C10H15N3O3/c1-14-9-2-3-12-10(13-9)16-7-8-6-11-4-5-15-8/h2-3,8,11H,4-7H2,1H3. The van der Waals surface area contributed by atoms with Gasteiger partial charge in [0, 0.05) is 25.4 Å². The van der Waals surface area contributed by atoms with E-state index in [0.29, 0.717) is 25.1 Å². The Morgan fingerprint density at radius 2 is 2.56 bits per heavy atom. The zero-order valence-electron chi connectivity index (χ0n) is 9.18. The number of methoxy groups -OCH3 is 1. The van der Waals surface area contributed by atoms with Crippen molar-refractivity contribution >= 4 is 0 Å². The SMILES string of the molecule is COc1ccnc(OCC2CNCCO2)n1. The maximum atomic E-state index is 5.48. The van der Waals surface area contributed by atoms with E-state index in [9.17, 15) is 0 Å². The Hall–Kier alpha value is -1.40. The van der Waals surface area contributed by atoms with Crippen molar-refractivity contribution < 1.29 is 14.2 Å². The average Bonchev–Trinajstić information content (AvgIpc) is 2.38. The molecule has 6 nitrogen and oxygen atoms in total. The van der Waals surface area contributed by atoms with E-state index < -0.39 is 0 Å². The minimum absolute atomic E-state index is 0.0588. The molecule has 0 spiro atoms. The molecule has 0 amide bonds. The average molecular weight is 225 g/mol. The number of morpholine rings is 1. The van der Waals surface area contributed by atoms with E-state index in [0.717, 1.165) is 13.1 Å². The first kappa shape index (κ1) is 11.1. The molecule has 1 N–H and O–H groups in total. The van der Waals surface area contributed by atoms with Crippen LogP contribution in [0, 0.1) is 0 Å². The quantitative estimate of drug-likeness (QED) is 0.769. The Balaban J connectivity index is 1.83. The maximum Gasteiger partial charge on any atom is 0.319 e. The molecule has 2 heterocycles. The van der Waals surface area contributed by atoms with Crippen molar-refractivity contribution in [2.45, 2.75) is 6.10 Å². The van der Waals surface area contributed by atoms with Gasteiger partial charge in [-0.2, -0.15) is 4.98 Å². The van der Waals surface area contributed by atoms with E-state index in [1.54, 1.807) is 19.4 Å². The summed E-state index contributed by atoms with van der Waals surface area (Å²) in [5.41, 5.74) is 0. The van der Waals surface area contributed by atoms with Crippen molar-refractivity contribution in [1.29, 1.82) is 0 Å². The van der Waals surface area contributed by atoms with Crippen LogP contribution in [0.5, 0.6) is 11.9 Å². The van der Waals surface area contributed by atoms with Crippen molar-refractivity contribution in [1.82, 2.24) is 15.3 Å². The van der Waals surface area contributed by atoms with Gasteiger partial charge in [-0.1, -0.05) is 0 Å². The van der Waals surface area contributed by atoms with Gasteiger partial charge in [0.2, 0.25) is 5.88 Å². The molecule has 6 heteroatoms. The van der Waals surface area contributed by atoms with Crippen LogP contribution in [0.4, 0.5) is 0 Å². The lowest BCUT2D eigenvalue weighted by Crippen LogP contribution is -2.41. The molecule has 1 unspecified atom stereocenters. The van der Waals surface area contributed by atoms with Gasteiger partial charge in [-0.05, 0) is 0 Å². The minimum atomic E-state index is 0.0588. The van der Waals surface area contributed by atoms with Crippen LogP contribution < -0.4 is 14.8 Å². The first-order chi connectivity index (χ1) is 7.88. The molecular formula is C10H15N3O3. The van der Waals surface area contributed by atoms with Gasteiger partial charge in [-0.3, -0.25) is 0 Å². The molecule has 2 rings (SSSR count). The summed E-state index contributed by atoms with van der Waals surface area (Å²) in [5.74, 6) is 0.493. The fourth-order valence-corrected chi connectivity index (χ4v) is 1.40. The smallest absolute Gasteiger partial charge is 0.319 e. The van der Waals surface area contributed by atoms with Crippen LogP contribution in [0.3, 0.4) is 0 Å². The Labute approximate surface area is 93.9 Å². The van der Waals surface area contributed by atoms with Gasteiger partial charge in [-0.25, -0.2) is 4.98 Å². The first-order valence-corrected chi connectivity index (χ1v) is 5.20. The zero-order chi connectivity index (χ0) is 11.2.